The van der Waals surface area contributed by atoms with Gasteiger partial charge in [0.15, 0.2) is 11.6 Å². The number of ether oxygens (including phenoxy) is 2. The number of nitrogens with one attached hydrogen (secondary N) is 3. The third kappa shape index (κ3) is 9.90. The molecule has 74 heavy (non-hydrogen) atoms. The minimum atomic E-state index is -0.674. The number of hydrazine groups is 1. The molecule has 4 amide bonds. The number of benzene rings is 2. The number of fused-ring (bicyclic) bond motifs is 6. The van der Waals surface area contributed by atoms with E-state index in [1.165, 1.54) is 22.4 Å². The van der Waals surface area contributed by atoms with Gasteiger partial charge in [0.2, 0.25) is 23.8 Å². The van der Waals surface area contributed by atoms with E-state index in [1.54, 1.807) is 78.0 Å². The predicted molar refractivity (Wildman–Crippen MR) is 276 cm³/mol. The maximum absolute atomic E-state index is 14.9. The molecule has 4 aromatic heterocycles. The van der Waals surface area contributed by atoms with Gasteiger partial charge in [-0.25, -0.2) is 9.59 Å². The highest BCUT2D eigenvalue weighted by molar-refractivity contribution is 6.13. The summed E-state index contributed by atoms with van der Waals surface area (Å²) in [5.74, 6) is 2.81. The summed E-state index contributed by atoms with van der Waals surface area (Å²) in [6, 6.07) is 20.3. The number of amides is 4. The Morgan fingerprint density at radius 3 is 1.54 bits per heavy atom. The van der Waals surface area contributed by atoms with E-state index in [0.29, 0.717) is 102 Å². The molecule has 0 aliphatic carbocycles. The molecule has 6 aliphatic heterocycles. The predicted octanol–water partition coefficient (Wildman–Crippen LogP) is 3.95. The van der Waals surface area contributed by atoms with E-state index in [0.717, 1.165) is 45.2 Å². The highest BCUT2D eigenvalue weighted by Gasteiger charge is 2.41. The van der Waals surface area contributed by atoms with E-state index < -0.39 is 12.1 Å². The van der Waals surface area contributed by atoms with Crippen molar-refractivity contribution in [2.75, 3.05) is 106 Å². The zero-order chi connectivity index (χ0) is 50.1. The van der Waals surface area contributed by atoms with Gasteiger partial charge >= 0.3 is 12.1 Å². The van der Waals surface area contributed by atoms with E-state index in [9.17, 15) is 19.8 Å². The number of morpholine rings is 2. The van der Waals surface area contributed by atoms with E-state index in [-0.39, 0.29) is 56.8 Å². The Labute approximate surface area is 426 Å². The summed E-state index contributed by atoms with van der Waals surface area (Å²) in [5, 5.41) is 31.9. The lowest BCUT2D eigenvalue weighted by Crippen LogP contribution is -2.54. The number of aliphatic hydroxyl groups excluding tert-OH is 2. The van der Waals surface area contributed by atoms with Gasteiger partial charge in [0, 0.05) is 88.0 Å². The lowest BCUT2D eigenvalue weighted by atomic mass is 10.1. The van der Waals surface area contributed by atoms with Gasteiger partial charge in [0.25, 0.3) is 0 Å². The number of pyridine rings is 2. The number of urea groups is 2. The van der Waals surface area contributed by atoms with Crippen LogP contribution in [0.25, 0.3) is 22.8 Å². The highest BCUT2D eigenvalue weighted by atomic mass is 16.5. The smallest absolute Gasteiger partial charge is 0.345 e. The lowest BCUT2D eigenvalue weighted by Gasteiger charge is -2.35. The molecule has 0 saturated carbocycles. The average molecular weight is 1000 g/mol. The van der Waals surface area contributed by atoms with Crippen molar-refractivity contribution < 1.29 is 29.3 Å². The Bertz CT molecular complexity index is 2920. The number of aliphatic hydroxyl groups is 2. The third-order valence-electron chi connectivity index (χ3n) is 14.4. The molecule has 23 nitrogen and oxygen atoms in total. The van der Waals surface area contributed by atoms with E-state index in [4.69, 9.17) is 39.4 Å². The minimum Gasteiger partial charge on any atom is -0.395 e. The number of hydrogen-bond donors (Lipinski definition) is 5. The van der Waals surface area contributed by atoms with Crippen LogP contribution in [-0.2, 0) is 9.47 Å². The summed E-state index contributed by atoms with van der Waals surface area (Å²) >= 11 is 0. The molecule has 6 aliphatic rings. The molecule has 6 fully saturated rings. The molecule has 6 unspecified atom stereocenters. The van der Waals surface area contributed by atoms with Crippen molar-refractivity contribution in [2.24, 2.45) is 0 Å². The molecule has 12 rings (SSSR count). The van der Waals surface area contributed by atoms with Crippen LogP contribution in [-0.4, -0.2) is 164 Å². The number of carbonyl (C=O) groups excluding carboxylic acids is 2. The van der Waals surface area contributed by atoms with Crippen molar-refractivity contribution in [3.63, 3.8) is 0 Å². The third-order valence-corrected chi connectivity index (χ3v) is 14.4. The van der Waals surface area contributed by atoms with E-state index in [1.807, 2.05) is 12.1 Å². The first-order valence-corrected chi connectivity index (χ1v) is 25.3. The standard InChI is InChI=1S/C51H57N17O6/c69-21-19-63(20-22-70)46-57-44(58-47(61-46)64-28-40-13-14-41(29-64)73-40)32-5-9-37(10-6-32)67(50(71)55-34-3-1-17-52-24-34)68(51(72)56-35-4-2-18-53-25-35)38-11-7-33(8-12-38)45-59-48(65-30-42-15-16-43(31-65)74-42)62-49(60-45)66-27-36-23-39(66)26-54-36/h1-12,17-18,24-25,36,39-43,54,69-70H,13-16,19-23,26-31H2,(H,55,71)(H,56,72). The maximum atomic E-state index is 14.9. The zero-order valence-electron chi connectivity index (χ0n) is 40.6. The first kappa shape index (κ1) is 47.3. The lowest BCUT2D eigenvalue weighted by molar-refractivity contribution is 0.0297. The van der Waals surface area contributed by atoms with Crippen molar-refractivity contribution in [1.82, 2.24) is 45.2 Å². The number of carbonyl (C=O) groups is 2. The summed E-state index contributed by atoms with van der Waals surface area (Å²) in [4.78, 5) is 76.4. The quantitative estimate of drug-likeness (QED) is 0.0969. The van der Waals surface area contributed by atoms with Crippen molar-refractivity contribution >= 4 is 58.6 Å². The molecular weight excluding hydrogens is 947 g/mol. The van der Waals surface area contributed by atoms with Crippen LogP contribution < -0.4 is 45.6 Å². The van der Waals surface area contributed by atoms with E-state index in [2.05, 4.69) is 40.6 Å². The van der Waals surface area contributed by atoms with Crippen LogP contribution in [0.15, 0.2) is 97.6 Å². The van der Waals surface area contributed by atoms with Crippen molar-refractivity contribution in [2.45, 2.75) is 68.6 Å². The number of hydrogen-bond acceptors (Lipinski definition) is 19. The molecule has 6 saturated heterocycles. The molecule has 0 spiro atoms. The highest BCUT2D eigenvalue weighted by Crippen LogP contribution is 2.36. The van der Waals surface area contributed by atoms with Gasteiger partial charge in [0.1, 0.15) is 0 Å². The van der Waals surface area contributed by atoms with Crippen molar-refractivity contribution in [1.29, 1.82) is 0 Å². The van der Waals surface area contributed by atoms with Gasteiger partial charge < -0.3 is 55.2 Å². The second-order valence-corrected chi connectivity index (χ2v) is 19.4. The van der Waals surface area contributed by atoms with Crippen LogP contribution in [0.5, 0.6) is 0 Å². The number of aromatic nitrogens is 8. The summed E-state index contributed by atoms with van der Waals surface area (Å²) < 4.78 is 12.3. The Morgan fingerprint density at radius 2 is 1.09 bits per heavy atom. The first-order valence-electron chi connectivity index (χ1n) is 25.3. The molecule has 2 aromatic carbocycles. The van der Waals surface area contributed by atoms with Gasteiger partial charge in [0.05, 0.1) is 72.8 Å². The molecule has 0 radical (unpaired) electrons. The van der Waals surface area contributed by atoms with Gasteiger partial charge in [-0.05, 0) is 105 Å². The fraction of sp³-hybridized carbons (Fsp3) is 0.412. The normalized spacial score (nSPS) is 22.5. The van der Waals surface area contributed by atoms with Gasteiger partial charge in [-0.2, -0.15) is 39.9 Å². The van der Waals surface area contributed by atoms with Crippen LogP contribution >= 0.6 is 0 Å². The fourth-order valence-corrected chi connectivity index (χ4v) is 10.8. The molecule has 5 N–H and O–H groups in total. The first-order chi connectivity index (χ1) is 36.3. The summed E-state index contributed by atoms with van der Waals surface area (Å²) in [7, 11) is 0. The van der Waals surface area contributed by atoms with Crippen molar-refractivity contribution in [3.05, 3.63) is 97.6 Å². The van der Waals surface area contributed by atoms with E-state index >= 15 is 0 Å². The van der Waals surface area contributed by atoms with Gasteiger partial charge in [-0.15, -0.1) is 0 Å². The molecule has 10 heterocycles. The Hall–Kier alpha value is -7.70. The number of piperazine rings is 1. The summed E-state index contributed by atoms with van der Waals surface area (Å²) in [6.07, 6.45) is 11.6. The van der Waals surface area contributed by atoms with Crippen LogP contribution in [0.1, 0.15) is 32.1 Å². The molecule has 382 valence electrons. The second kappa shape index (κ2) is 20.7. The van der Waals surface area contributed by atoms with Crippen molar-refractivity contribution in [3.8, 4) is 22.8 Å². The van der Waals surface area contributed by atoms with Gasteiger partial charge in [-0.3, -0.25) is 9.97 Å². The average Bonchev–Trinajstić information content (AvgIpc) is 4.25. The Kier molecular flexibility index (Phi) is 13.2. The number of anilines is 8. The molecular formula is C51H57N17O6. The summed E-state index contributed by atoms with van der Waals surface area (Å²) in [6.45, 7) is 4.33. The van der Waals surface area contributed by atoms with Crippen LogP contribution in [0.3, 0.4) is 0 Å². The largest absolute Gasteiger partial charge is 0.395 e. The van der Waals surface area contributed by atoms with Gasteiger partial charge in [-0.1, -0.05) is 0 Å². The molecule has 6 aromatic rings. The Morgan fingerprint density at radius 1 is 0.608 bits per heavy atom. The Balaban J connectivity index is 0.920. The zero-order valence-corrected chi connectivity index (χ0v) is 40.6. The maximum Gasteiger partial charge on any atom is 0.345 e. The fourth-order valence-electron chi connectivity index (χ4n) is 10.8. The molecule has 6 atom stereocenters. The minimum absolute atomic E-state index is 0.0638. The SMILES string of the molecule is O=C(Nc1cccnc1)N(c1ccc(-c2nc(N(CCO)CCO)nc(N3CC4CCC(C3)O4)n2)cc1)N(C(=O)Nc1cccnc1)c1ccc(-c2nc(N3CC4CCC(C3)O4)nc(N3CC4CC3CN4)n2)cc1. The van der Waals surface area contributed by atoms with Crippen LogP contribution in [0, 0.1) is 0 Å². The molecule has 6 bridgehead atoms. The second-order valence-electron chi connectivity index (χ2n) is 19.4. The number of rotatable bonds is 14. The monoisotopic (exact) mass is 1000 g/mol. The van der Waals surface area contributed by atoms with Crippen LogP contribution in [0.4, 0.5) is 56.1 Å². The molecule has 23 heteroatoms. The summed E-state index contributed by atoms with van der Waals surface area (Å²) in [5.41, 5.74) is 2.73. The topological polar surface area (TPSA) is 252 Å². The van der Waals surface area contributed by atoms with Crippen LogP contribution in [0.2, 0.25) is 0 Å². The number of nitrogens with zero attached hydrogens (tertiary/aromatic N) is 14.